The first kappa shape index (κ1) is 21.5. The van der Waals surface area contributed by atoms with Crippen molar-refractivity contribution in [1.29, 1.82) is 0 Å². The van der Waals surface area contributed by atoms with Crippen molar-refractivity contribution in [3.05, 3.63) is 29.8 Å². The Hall–Kier alpha value is -1.22. The van der Waals surface area contributed by atoms with Gasteiger partial charge >= 0.3 is 0 Å². The number of hydrogen-bond donors (Lipinski definition) is 3. The van der Waals surface area contributed by atoms with Gasteiger partial charge in [-0.2, -0.15) is 0 Å². The number of hydrogen-bond acceptors (Lipinski definition) is 7. The third-order valence-electron chi connectivity index (χ3n) is 5.92. The number of β-amino-alcohol motifs (C(OH)–C–C–N with tert-alkyl or cyclic N) is 1. The number of rotatable bonds is 8. The molecule has 2 aliphatic rings. The molecule has 3 rings (SSSR count). The Morgan fingerprint density at radius 1 is 1.00 bits per heavy atom. The van der Waals surface area contributed by atoms with Crippen molar-refractivity contribution in [1.82, 2.24) is 14.7 Å². The van der Waals surface area contributed by atoms with Gasteiger partial charge in [-0.05, 0) is 37.6 Å². The number of aliphatic hydroxyl groups is 3. The van der Waals surface area contributed by atoms with Crippen molar-refractivity contribution >= 4 is 0 Å². The van der Waals surface area contributed by atoms with Crippen molar-refractivity contribution in [2.75, 3.05) is 66.1 Å². The van der Waals surface area contributed by atoms with Gasteiger partial charge in [-0.15, -0.1) is 0 Å². The van der Waals surface area contributed by atoms with E-state index in [2.05, 4.69) is 33.9 Å². The van der Waals surface area contributed by atoms with E-state index in [9.17, 15) is 15.3 Å². The van der Waals surface area contributed by atoms with Crippen LogP contribution in [0.15, 0.2) is 24.3 Å². The van der Waals surface area contributed by atoms with Crippen LogP contribution in [0.25, 0.3) is 0 Å². The second-order valence-corrected chi connectivity index (χ2v) is 8.37. The van der Waals surface area contributed by atoms with Crippen molar-refractivity contribution in [3.63, 3.8) is 0 Å². The Balaban J connectivity index is 1.37. The molecular weight excluding hydrogens is 358 g/mol. The second kappa shape index (κ2) is 10.0. The smallest absolute Gasteiger partial charge is 0.119 e. The molecule has 0 saturated carbocycles. The molecule has 3 N–H and O–H groups in total. The Kier molecular flexibility index (Phi) is 7.68. The van der Waals surface area contributed by atoms with Gasteiger partial charge in [0, 0.05) is 52.4 Å². The lowest BCUT2D eigenvalue weighted by molar-refractivity contribution is -0.0606. The molecule has 1 atom stereocenters. The highest BCUT2D eigenvalue weighted by molar-refractivity contribution is 5.27. The second-order valence-electron chi connectivity index (χ2n) is 8.37. The van der Waals surface area contributed by atoms with Crippen LogP contribution in [0.5, 0.6) is 5.75 Å². The van der Waals surface area contributed by atoms with Gasteiger partial charge in [-0.25, -0.2) is 0 Å². The minimum Gasteiger partial charge on any atom is -0.491 e. The molecule has 0 bridgehead atoms. The summed E-state index contributed by atoms with van der Waals surface area (Å²) in [7, 11) is 2.13. The van der Waals surface area contributed by atoms with Gasteiger partial charge in [0.15, 0.2) is 0 Å². The molecule has 7 heteroatoms. The van der Waals surface area contributed by atoms with Crippen molar-refractivity contribution < 1.29 is 20.1 Å². The number of likely N-dealkylation sites (tertiary alicyclic amines) is 1. The van der Waals surface area contributed by atoms with Gasteiger partial charge in [-0.1, -0.05) is 12.1 Å². The summed E-state index contributed by atoms with van der Waals surface area (Å²) in [6, 6.07) is 8.00. The molecule has 0 radical (unpaired) electrons. The van der Waals surface area contributed by atoms with Crippen LogP contribution in [0.4, 0.5) is 0 Å². The molecular formula is C21H35N3O4. The van der Waals surface area contributed by atoms with E-state index in [1.54, 1.807) is 0 Å². The lowest BCUT2D eigenvalue weighted by Gasteiger charge is -2.37. The summed E-state index contributed by atoms with van der Waals surface area (Å²) in [5, 5.41) is 29.6. The predicted molar refractivity (Wildman–Crippen MR) is 108 cm³/mol. The van der Waals surface area contributed by atoms with Crippen molar-refractivity contribution in [3.8, 4) is 5.75 Å². The van der Waals surface area contributed by atoms with Gasteiger partial charge in [0.05, 0.1) is 12.2 Å². The highest BCUT2D eigenvalue weighted by Gasteiger charge is 2.31. The summed E-state index contributed by atoms with van der Waals surface area (Å²) in [4.78, 5) is 6.88. The molecule has 158 valence electrons. The zero-order valence-corrected chi connectivity index (χ0v) is 17.0. The molecule has 7 nitrogen and oxygen atoms in total. The molecule has 0 aromatic heterocycles. The minimum absolute atomic E-state index is 0.159. The number of piperidine rings is 1. The largest absolute Gasteiger partial charge is 0.491 e. The van der Waals surface area contributed by atoms with Gasteiger partial charge in [0.2, 0.25) is 0 Å². The van der Waals surface area contributed by atoms with Crippen LogP contribution in [-0.4, -0.2) is 108 Å². The van der Waals surface area contributed by atoms with Gasteiger partial charge in [0.1, 0.15) is 18.5 Å². The average Bonchev–Trinajstić information content (AvgIpc) is 2.71. The maximum absolute atomic E-state index is 10.2. The Bertz CT molecular complexity index is 582. The molecule has 2 aliphatic heterocycles. The third kappa shape index (κ3) is 6.40. The number of ether oxygens (including phenoxy) is 1. The fraction of sp³-hybridized carbons (Fsp3) is 0.714. The molecule has 1 aromatic rings. The van der Waals surface area contributed by atoms with Crippen molar-refractivity contribution in [2.24, 2.45) is 0 Å². The molecule has 1 unspecified atom stereocenters. The van der Waals surface area contributed by atoms with E-state index in [0.29, 0.717) is 26.0 Å². The number of piperazine rings is 1. The molecule has 0 amide bonds. The lowest BCUT2D eigenvalue weighted by Crippen LogP contribution is -2.47. The Morgan fingerprint density at radius 2 is 1.64 bits per heavy atom. The predicted octanol–water partition coefficient (Wildman–Crippen LogP) is -0.00710. The molecule has 2 heterocycles. The summed E-state index contributed by atoms with van der Waals surface area (Å²) in [5.74, 6) is 0.773. The maximum atomic E-state index is 10.2. The topological polar surface area (TPSA) is 79.6 Å². The van der Waals surface area contributed by atoms with Crippen molar-refractivity contribution in [2.45, 2.75) is 31.1 Å². The summed E-state index contributed by atoms with van der Waals surface area (Å²) in [6.07, 6.45) is 0.730. The van der Waals surface area contributed by atoms with Crippen LogP contribution in [0.1, 0.15) is 18.4 Å². The quantitative estimate of drug-likeness (QED) is 0.573. The van der Waals surface area contributed by atoms with Crippen LogP contribution in [0.3, 0.4) is 0 Å². The highest BCUT2D eigenvalue weighted by atomic mass is 16.5. The molecule has 0 spiro atoms. The first-order valence-electron chi connectivity index (χ1n) is 10.3. The zero-order chi connectivity index (χ0) is 20.0. The molecule has 0 aliphatic carbocycles. The van der Waals surface area contributed by atoms with Crippen LogP contribution < -0.4 is 4.74 Å². The minimum atomic E-state index is -0.904. The Morgan fingerprint density at radius 3 is 2.25 bits per heavy atom. The van der Waals surface area contributed by atoms with E-state index in [0.717, 1.165) is 51.6 Å². The van der Waals surface area contributed by atoms with Crippen LogP contribution in [0, 0.1) is 0 Å². The van der Waals surface area contributed by atoms with E-state index < -0.39 is 11.7 Å². The lowest BCUT2D eigenvalue weighted by atomic mass is 9.92. The summed E-state index contributed by atoms with van der Waals surface area (Å²) < 4.78 is 5.76. The van der Waals surface area contributed by atoms with Gasteiger partial charge < -0.3 is 25.0 Å². The van der Waals surface area contributed by atoms with E-state index in [4.69, 9.17) is 4.74 Å². The van der Waals surface area contributed by atoms with Crippen LogP contribution in [-0.2, 0) is 6.54 Å². The fourth-order valence-corrected chi connectivity index (χ4v) is 3.81. The number of nitrogens with zero attached hydrogens (tertiary/aromatic N) is 3. The Labute approximate surface area is 168 Å². The van der Waals surface area contributed by atoms with E-state index in [1.165, 1.54) is 5.56 Å². The van der Waals surface area contributed by atoms with E-state index in [1.807, 2.05) is 12.1 Å². The SMILES string of the molecule is CN1CCN(CC(O)COc2ccc(CN3CCC(O)(CO)CC3)cc2)CC1. The molecule has 28 heavy (non-hydrogen) atoms. The maximum Gasteiger partial charge on any atom is 0.119 e. The third-order valence-corrected chi connectivity index (χ3v) is 5.92. The number of benzene rings is 1. The average molecular weight is 394 g/mol. The first-order chi connectivity index (χ1) is 13.5. The standard InChI is InChI=1S/C21H35N3O4/c1-22-10-12-24(13-11-22)15-19(26)16-28-20-4-2-18(3-5-20)14-23-8-6-21(27,17-25)7-9-23/h2-5,19,25-27H,6-17H2,1H3. The zero-order valence-electron chi connectivity index (χ0n) is 17.0. The molecule has 2 fully saturated rings. The van der Waals surface area contributed by atoms with E-state index >= 15 is 0 Å². The summed E-state index contributed by atoms with van der Waals surface area (Å²) in [6.45, 7) is 7.28. The number of aliphatic hydroxyl groups excluding tert-OH is 2. The first-order valence-corrected chi connectivity index (χ1v) is 10.3. The summed E-state index contributed by atoms with van der Waals surface area (Å²) >= 11 is 0. The van der Waals surface area contributed by atoms with Crippen LogP contribution in [0.2, 0.25) is 0 Å². The summed E-state index contributed by atoms with van der Waals surface area (Å²) in [5.41, 5.74) is 0.291. The molecule has 1 aromatic carbocycles. The van der Waals surface area contributed by atoms with E-state index in [-0.39, 0.29) is 6.61 Å². The molecule has 2 saturated heterocycles. The van der Waals surface area contributed by atoms with Gasteiger partial charge in [-0.3, -0.25) is 9.80 Å². The van der Waals surface area contributed by atoms with Gasteiger partial charge in [0.25, 0.3) is 0 Å². The highest BCUT2D eigenvalue weighted by Crippen LogP contribution is 2.23. The fourth-order valence-electron chi connectivity index (χ4n) is 3.81. The number of likely N-dealkylation sites (N-methyl/N-ethyl adjacent to an activating group) is 1. The monoisotopic (exact) mass is 393 g/mol. The van der Waals surface area contributed by atoms with Crippen LogP contribution >= 0.6 is 0 Å². The normalized spacial score (nSPS) is 22.9.